The molecule has 1 aromatic heterocycles. The molecular weight excluding hydrogens is 464 g/mol. The molecule has 37 heavy (non-hydrogen) atoms. The smallest absolute Gasteiger partial charge is 0.277 e. The second-order valence-electron chi connectivity index (χ2n) is 10.1. The summed E-state index contributed by atoms with van der Waals surface area (Å²) < 4.78 is 6.86. The number of anilines is 1. The van der Waals surface area contributed by atoms with Gasteiger partial charge >= 0.3 is 0 Å². The van der Waals surface area contributed by atoms with Crippen LogP contribution in [0.3, 0.4) is 0 Å². The van der Waals surface area contributed by atoms with Gasteiger partial charge in [-0.15, -0.1) is 0 Å². The van der Waals surface area contributed by atoms with E-state index < -0.39 is 0 Å². The number of nitrogens with zero attached hydrogens (tertiary/aromatic N) is 6. The van der Waals surface area contributed by atoms with Gasteiger partial charge < -0.3 is 14.5 Å². The van der Waals surface area contributed by atoms with Crippen LogP contribution in [0.5, 0.6) is 5.75 Å². The number of hydrogen-bond donors (Lipinski definition) is 0. The number of amides is 1. The van der Waals surface area contributed by atoms with E-state index in [4.69, 9.17) is 4.74 Å². The largest absolute Gasteiger partial charge is 0.497 e. The maximum Gasteiger partial charge on any atom is 0.277 e. The first kappa shape index (κ1) is 23.3. The summed E-state index contributed by atoms with van der Waals surface area (Å²) in [7, 11) is 1.61. The molecule has 1 fully saturated rings. The predicted octanol–water partition coefficient (Wildman–Crippen LogP) is 4.11. The third-order valence-electron chi connectivity index (χ3n) is 7.96. The fourth-order valence-electron chi connectivity index (χ4n) is 5.61. The highest BCUT2D eigenvalue weighted by atomic mass is 16.5. The Morgan fingerprint density at radius 3 is 2.43 bits per heavy atom. The molecule has 6 rings (SSSR count). The molecule has 3 heterocycles. The Balaban J connectivity index is 1.27. The van der Waals surface area contributed by atoms with Crippen molar-refractivity contribution in [3.8, 4) is 17.5 Å². The standard InChI is InChI=1S/C29H30N6O2/c1-20-31-15-3-16-33(20)19-29(13-14-29)21-4-6-22(7-5-21)34-17-12-25-26(18-30)32-35(27(25)28(34)36)23-8-10-24(37-2)11-9-23/h4-11H,3,12-17,19H2,1-2H3. The van der Waals surface area contributed by atoms with E-state index in [9.17, 15) is 10.1 Å². The number of carbonyl (C=O) groups is 1. The SMILES string of the molecule is COc1ccc(-n2nc(C#N)c3c2C(=O)N(c2ccc(C4(CN5CCCN=C5C)CC4)cc2)CC3)cc1. The van der Waals surface area contributed by atoms with Crippen LogP contribution in [0.15, 0.2) is 53.5 Å². The van der Waals surface area contributed by atoms with Crippen LogP contribution in [0, 0.1) is 11.3 Å². The molecule has 3 aromatic rings. The number of ether oxygens (including phenoxy) is 1. The van der Waals surface area contributed by atoms with Crippen LogP contribution >= 0.6 is 0 Å². The highest BCUT2D eigenvalue weighted by Crippen LogP contribution is 2.49. The fourth-order valence-corrected chi connectivity index (χ4v) is 5.61. The molecule has 0 bridgehead atoms. The molecule has 3 aliphatic rings. The molecule has 0 unspecified atom stereocenters. The Hall–Kier alpha value is -4.12. The number of hydrogen-bond acceptors (Lipinski definition) is 6. The number of methoxy groups -OCH3 is 1. The van der Waals surface area contributed by atoms with Crippen molar-refractivity contribution in [1.82, 2.24) is 14.7 Å². The van der Waals surface area contributed by atoms with Gasteiger partial charge in [-0.2, -0.15) is 10.4 Å². The summed E-state index contributed by atoms with van der Waals surface area (Å²) in [5.41, 5.74) is 4.57. The molecule has 0 spiro atoms. The zero-order chi connectivity index (χ0) is 25.6. The molecule has 2 aromatic carbocycles. The van der Waals surface area contributed by atoms with Crippen LogP contribution in [0.4, 0.5) is 5.69 Å². The van der Waals surface area contributed by atoms with Crippen molar-refractivity contribution in [2.24, 2.45) is 4.99 Å². The molecule has 1 amide bonds. The minimum absolute atomic E-state index is 0.139. The number of amidine groups is 1. The molecule has 0 radical (unpaired) electrons. The molecule has 0 N–H and O–H groups in total. The number of nitriles is 1. The lowest BCUT2D eigenvalue weighted by Crippen LogP contribution is -2.40. The number of aromatic nitrogens is 2. The van der Waals surface area contributed by atoms with Crippen LogP contribution in [0.25, 0.3) is 5.69 Å². The van der Waals surface area contributed by atoms with Crippen molar-refractivity contribution < 1.29 is 9.53 Å². The maximum atomic E-state index is 13.8. The van der Waals surface area contributed by atoms with Crippen LogP contribution in [-0.4, -0.2) is 59.7 Å². The van der Waals surface area contributed by atoms with Gasteiger partial charge in [0.15, 0.2) is 5.69 Å². The minimum Gasteiger partial charge on any atom is -0.497 e. The van der Waals surface area contributed by atoms with Gasteiger partial charge in [0.1, 0.15) is 17.5 Å². The topological polar surface area (TPSA) is 86.7 Å². The van der Waals surface area contributed by atoms with E-state index in [0.717, 1.165) is 49.0 Å². The third kappa shape index (κ3) is 4.05. The number of aliphatic imine (C=N–C) groups is 1. The van der Waals surface area contributed by atoms with E-state index in [1.165, 1.54) is 18.4 Å². The van der Waals surface area contributed by atoms with Crippen molar-refractivity contribution in [1.29, 1.82) is 5.26 Å². The Morgan fingerprint density at radius 1 is 1.05 bits per heavy atom. The van der Waals surface area contributed by atoms with Gasteiger partial charge in [0, 0.05) is 42.8 Å². The van der Waals surface area contributed by atoms with Crippen LogP contribution < -0.4 is 9.64 Å². The van der Waals surface area contributed by atoms with E-state index in [1.54, 1.807) is 16.7 Å². The number of carbonyl (C=O) groups excluding carboxylic acids is 1. The van der Waals surface area contributed by atoms with Gasteiger partial charge in [-0.05, 0) is 74.6 Å². The van der Waals surface area contributed by atoms with Crippen molar-refractivity contribution in [2.75, 3.05) is 38.2 Å². The summed E-state index contributed by atoms with van der Waals surface area (Å²) in [6.07, 6.45) is 4.06. The average Bonchev–Trinajstić information content (AvgIpc) is 3.62. The van der Waals surface area contributed by atoms with Crippen molar-refractivity contribution in [2.45, 2.75) is 38.0 Å². The van der Waals surface area contributed by atoms with Gasteiger partial charge in [-0.1, -0.05) is 12.1 Å². The summed E-state index contributed by atoms with van der Waals surface area (Å²) in [5.74, 6) is 1.73. The number of benzene rings is 2. The Kier molecular flexibility index (Phi) is 5.71. The van der Waals surface area contributed by atoms with Gasteiger partial charge in [-0.25, -0.2) is 4.68 Å². The first-order valence-corrected chi connectivity index (χ1v) is 12.9. The Bertz CT molecular complexity index is 1410. The van der Waals surface area contributed by atoms with Gasteiger partial charge in [0.05, 0.1) is 18.6 Å². The van der Waals surface area contributed by atoms with Crippen LogP contribution in [0.2, 0.25) is 0 Å². The number of fused-ring (bicyclic) bond motifs is 1. The van der Waals surface area contributed by atoms with Crippen LogP contribution in [0.1, 0.15) is 53.5 Å². The second-order valence-corrected chi connectivity index (χ2v) is 10.1. The minimum atomic E-state index is -0.139. The summed E-state index contributed by atoms with van der Waals surface area (Å²) in [6, 6.07) is 18.0. The van der Waals surface area contributed by atoms with E-state index in [2.05, 4.69) is 52.2 Å². The maximum absolute atomic E-state index is 13.8. The average molecular weight is 495 g/mol. The van der Waals surface area contributed by atoms with Gasteiger partial charge in [-0.3, -0.25) is 9.79 Å². The van der Waals surface area contributed by atoms with E-state index in [-0.39, 0.29) is 11.3 Å². The van der Waals surface area contributed by atoms with Gasteiger partial charge in [0.25, 0.3) is 5.91 Å². The fraction of sp³-hybridized carbons (Fsp3) is 0.379. The summed E-state index contributed by atoms with van der Waals surface area (Å²) in [6.45, 7) is 5.65. The Morgan fingerprint density at radius 2 is 1.78 bits per heavy atom. The summed E-state index contributed by atoms with van der Waals surface area (Å²) in [5, 5.41) is 14.2. The molecule has 188 valence electrons. The van der Waals surface area contributed by atoms with E-state index in [0.29, 0.717) is 29.9 Å². The molecule has 0 atom stereocenters. The van der Waals surface area contributed by atoms with Crippen molar-refractivity contribution in [3.63, 3.8) is 0 Å². The summed E-state index contributed by atoms with van der Waals surface area (Å²) >= 11 is 0. The van der Waals surface area contributed by atoms with Crippen molar-refractivity contribution >= 4 is 17.4 Å². The van der Waals surface area contributed by atoms with E-state index in [1.807, 2.05) is 24.3 Å². The predicted molar refractivity (Wildman–Crippen MR) is 142 cm³/mol. The second kappa shape index (κ2) is 9.07. The molecule has 1 saturated carbocycles. The third-order valence-corrected chi connectivity index (χ3v) is 7.96. The molecule has 8 heteroatoms. The molecule has 8 nitrogen and oxygen atoms in total. The monoisotopic (exact) mass is 494 g/mol. The molecule has 0 saturated heterocycles. The lowest BCUT2D eigenvalue weighted by atomic mass is 9.94. The lowest BCUT2D eigenvalue weighted by molar-refractivity contribution is 0.0973. The highest BCUT2D eigenvalue weighted by molar-refractivity contribution is 6.07. The zero-order valence-corrected chi connectivity index (χ0v) is 21.3. The molecule has 2 aliphatic heterocycles. The number of rotatable bonds is 6. The van der Waals surface area contributed by atoms with E-state index >= 15 is 0 Å². The van der Waals surface area contributed by atoms with Gasteiger partial charge in [0.2, 0.25) is 0 Å². The molecule has 1 aliphatic carbocycles. The first-order valence-electron chi connectivity index (χ1n) is 12.9. The first-order chi connectivity index (χ1) is 18.0. The summed E-state index contributed by atoms with van der Waals surface area (Å²) in [4.78, 5) is 22.6. The Labute approximate surface area is 216 Å². The van der Waals surface area contributed by atoms with Crippen molar-refractivity contribution in [3.05, 3.63) is 71.0 Å². The lowest BCUT2D eigenvalue weighted by Gasteiger charge is -2.32. The zero-order valence-electron chi connectivity index (χ0n) is 21.3. The molecular formula is C29H30N6O2. The highest BCUT2D eigenvalue weighted by Gasteiger charge is 2.46. The quantitative estimate of drug-likeness (QED) is 0.515. The normalized spacial score (nSPS) is 18.2. The van der Waals surface area contributed by atoms with Crippen LogP contribution in [-0.2, 0) is 11.8 Å².